The minimum Gasteiger partial charge on any atom is -0.493 e. The van der Waals surface area contributed by atoms with Gasteiger partial charge in [-0.25, -0.2) is 9.18 Å². The van der Waals surface area contributed by atoms with Crippen LogP contribution in [-0.2, 0) is 6.18 Å². The number of nitrogens with zero attached hydrogens (tertiary/aromatic N) is 2. The van der Waals surface area contributed by atoms with Crippen LogP contribution in [0.3, 0.4) is 0 Å². The van der Waals surface area contributed by atoms with Crippen molar-refractivity contribution in [1.82, 2.24) is 10.2 Å². The van der Waals surface area contributed by atoms with Gasteiger partial charge in [-0.05, 0) is 18.2 Å². The fraction of sp³-hybridized carbons (Fsp3) is 0.154. The summed E-state index contributed by atoms with van der Waals surface area (Å²) in [5.41, 5.74) is -2.33. The minimum atomic E-state index is -4.86. The van der Waals surface area contributed by atoms with Crippen molar-refractivity contribution >= 4 is 5.97 Å². The van der Waals surface area contributed by atoms with Gasteiger partial charge in [0.15, 0.2) is 17.2 Å². The van der Waals surface area contributed by atoms with Gasteiger partial charge in [0.25, 0.3) is 5.88 Å². The molecular formula is C13H8F4N2O4. The number of benzene rings is 1. The van der Waals surface area contributed by atoms with E-state index in [1.165, 1.54) is 7.11 Å². The lowest BCUT2D eigenvalue weighted by molar-refractivity contribution is -0.141. The summed E-state index contributed by atoms with van der Waals surface area (Å²) in [6, 6.07) is 3.35. The average molecular weight is 332 g/mol. The molecule has 1 aromatic heterocycles. The molecule has 0 saturated carbocycles. The largest absolute Gasteiger partial charge is 0.493 e. The summed E-state index contributed by atoms with van der Waals surface area (Å²) < 4.78 is 60.7. The van der Waals surface area contributed by atoms with Crippen molar-refractivity contribution < 1.29 is 36.9 Å². The van der Waals surface area contributed by atoms with Crippen molar-refractivity contribution in [1.29, 1.82) is 0 Å². The third-order valence-electron chi connectivity index (χ3n) is 2.61. The molecule has 0 fully saturated rings. The van der Waals surface area contributed by atoms with Crippen molar-refractivity contribution in [2.75, 3.05) is 7.11 Å². The van der Waals surface area contributed by atoms with Crippen molar-refractivity contribution in [2.24, 2.45) is 0 Å². The lowest BCUT2D eigenvalue weighted by atomic mass is 10.2. The molecule has 2 rings (SSSR count). The Morgan fingerprint density at radius 1 is 1.17 bits per heavy atom. The quantitative estimate of drug-likeness (QED) is 0.866. The molecule has 0 amide bonds. The van der Waals surface area contributed by atoms with E-state index in [9.17, 15) is 22.4 Å². The summed E-state index contributed by atoms with van der Waals surface area (Å²) in [5, 5.41) is 15.0. The monoisotopic (exact) mass is 332 g/mol. The Bertz CT molecular complexity index is 749. The second-order valence-corrected chi connectivity index (χ2v) is 4.15. The standard InChI is InChI=1S/C13H8F4N2O4/c1-22-9-4-6(14)2-3-8(9)23-11-7(12(20)21)5-10(18-19-11)13(15,16)17/h2-5H,1H3,(H,20,21). The fourth-order valence-electron chi connectivity index (χ4n) is 1.58. The van der Waals surface area contributed by atoms with Crippen molar-refractivity contribution in [3.63, 3.8) is 0 Å². The van der Waals surface area contributed by atoms with E-state index >= 15 is 0 Å². The molecule has 122 valence electrons. The SMILES string of the molecule is COc1cc(F)ccc1Oc1nnc(C(F)(F)F)cc1C(=O)O. The molecule has 6 nitrogen and oxygen atoms in total. The normalized spacial score (nSPS) is 11.2. The average Bonchev–Trinajstić information content (AvgIpc) is 2.48. The van der Waals surface area contributed by atoms with Gasteiger partial charge in [-0.3, -0.25) is 0 Å². The van der Waals surface area contributed by atoms with Gasteiger partial charge in [0, 0.05) is 6.07 Å². The third kappa shape index (κ3) is 3.65. The molecule has 1 N–H and O–H groups in total. The number of carboxylic acids is 1. The van der Waals surface area contributed by atoms with Gasteiger partial charge in [0.2, 0.25) is 0 Å². The van der Waals surface area contributed by atoms with E-state index in [2.05, 4.69) is 10.2 Å². The molecule has 0 saturated heterocycles. The number of methoxy groups -OCH3 is 1. The molecule has 23 heavy (non-hydrogen) atoms. The summed E-state index contributed by atoms with van der Waals surface area (Å²) in [4.78, 5) is 11.1. The van der Waals surface area contributed by atoms with E-state index in [1.54, 1.807) is 0 Å². The van der Waals surface area contributed by atoms with Crippen LogP contribution in [0.1, 0.15) is 16.1 Å². The molecule has 0 aliphatic rings. The number of carbonyl (C=O) groups is 1. The predicted molar refractivity (Wildman–Crippen MR) is 67.0 cm³/mol. The second kappa shape index (κ2) is 6.07. The van der Waals surface area contributed by atoms with E-state index in [4.69, 9.17) is 14.6 Å². The van der Waals surface area contributed by atoms with Gasteiger partial charge in [0.1, 0.15) is 11.4 Å². The number of halogens is 4. The first-order valence-electron chi connectivity index (χ1n) is 5.92. The van der Waals surface area contributed by atoms with E-state index in [1.807, 2.05) is 0 Å². The molecule has 0 radical (unpaired) electrons. The maximum absolute atomic E-state index is 13.1. The van der Waals surface area contributed by atoms with Gasteiger partial charge in [-0.1, -0.05) is 0 Å². The van der Waals surface area contributed by atoms with Crippen LogP contribution in [0.4, 0.5) is 17.6 Å². The Labute approximate surface area is 126 Å². The van der Waals surface area contributed by atoms with Gasteiger partial charge >= 0.3 is 12.1 Å². The molecule has 0 bridgehead atoms. The van der Waals surface area contributed by atoms with Crippen LogP contribution >= 0.6 is 0 Å². The van der Waals surface area contributed by atoms with Crippen LogP contribution in [-0.4, -0.2) is 28.4 Å². The molecule has 1 aromatic carbocycles. The van der Waals surface area contributed by atoms with Gasteiger partial charge in [-0.2, -0.15) is 13.2 Å². The number of alkyl halides is 3. The van der Waals surface area contributed by atoms with E-state index in [0.717, 1.165) is 18.2 Å². The Kier molecular flexibility index (Phi) is 4.34. The van der Waals surface area contributed by atoms with Crippen LogP contribution in [0.25, 0.3) is 0 Å². The summed E-state index contributed by atoms with van der Waals surface area (Å²) in [6.07, 6.45) is -4.86. The third-order valence-corrected chi connectivity index (χ3v) is 2.61. The smallest absolute Gasteiger partial charge is 0.435 e. The number of ether oxygens (including phenoxy) is 2. The molecule has 10 heteroatoms. The molecule has 0 atom stereocenters. The highest BCUT2D eigenvalue weighted by Gasteiger charge is 2.35. The van der Waals surface area contributed by atoms with Crippen LogP contribution in [0.2, 0.25) is 0 Å². The van der Waals surface area contributed by atoms with Crippen LogP contribution < -0.4 is 9.47 Å². The first-order chi connectivity index (χ1) is 10.7. The Morgan fingerprint density at radius 3 is 2.43 bits per heavy atom. The minimum absolute atomic E-state index is 0.0944. The lowest BCUT2D eigenvalue weighted by Crippen LogP contribution is -2.13. The lowest BCUT2D eigenvalue weighted by Gasteiger charge is -2.12. The van der Waals surface area contributed by atoms with Crippen LogP contribution in [0, 0.1) is 5.82 Å². The highest BCUT2D eigenvalue weighted by Crippen LogP contribution is 2.34. The molecule has 1 heterocycles. The predicted octanol–water partition coefficient (Wildman–Crippen LogP) is 3.13. The number of hydrogen-bond donors (Lipinski definition) is 1. The topological polar surface area (TPSA) is 81.5 Å². The molecule has 0 spiro atoms. The zero-order chi connectivity index (χ0) is 17.2. The summed E-state index contributed by atoms with van der Waals surface area (Å²) in [7, 11) is 1.21. The number of aromatic carboxylic acids is 1. The zero-order valence-electron chi connectivity index (χ0n) is 11.4. The van der Waals surface area contributed by atoms with E-state index in [-0.39, 0.29) is 11.5 Å². The van der Waals surface area contributed by atoms with Crippen molar-refractivity contribution in [2.45, 2.75) is 6.18 Å². The van der Waals surface area contributed by atoms with Gasteiger partial charge < -0.3 is 14.6 Å². The van der Waals surface area contributed by atoms with Crippen molar-refractivity contribution in [3.05, 3.63) is 41.3 Å². The first kappa shape index (κ1) is 16.5. The Morgan fingerprint density at radius 2 is 1.87 bits per heavy atom. The molecular weight excluding hydrogens is 324 g/mol. The number of rotatable bonds is 4. The molecule has 0 aliphatic heterocycles. The maximum atomic E-state index is 13.1. The summed E-state index contributed by atoms with van der Waals surface area (Å²) in [5.74, 6) is -3.25. The highest BCUT2D eigenvalue weighted by molar-refractivity contribution is 5.90. The van der Waals surface area contributed by atoms with E-state index in [0.29, 0.717) is 6.07 Å². The van der Waals surface area contributed by atoms with Crippen LogP contribution in [0.15, 0.2) is 24.3 Å². The molecule has 0 aliphatic carbocycles. The number of carboxylic acid groups (broad SMARTS) is 1. The Balaban J connectivity index is 2.46. The fourth-order valence-corrected chi connectivity index (χ4v) is 1.58. The maximum Gasteiger partial charge on any atom is 0.435 e. The van der Waals surface area contributed by atoms with Gasteiger partial charge in [-0.15, -0.1) is 10.2 Å². The summed E-state index contributed by atoms with van der Waals surface area (Å²) in [6.45, 7) is 0. The van der Waals surface area contributed by atoms with Gasteiger partial charge in [0.05, 0.1) is 7.11 Å². The Hall–Kier alpha value is -2.91. The molecule has 2 aromatic rings. The zero-order valence-corrected chi connectivity index (χ0v) is 11.4. The highest BCUT2D eigenvalue weighted by atomic mass is 19.4. The van der Waals surface area contributed by atoms with E-state index < -0.39 is 35.1 Å². The van der Waals surface area contributed by atoms with Crippen LogP contribution in [0.5, 0.6) is 17.4 Å². The molecule has 0 unspecified atom stereocenters. The number of aromatic nitrogens is 2. The first-order valence-corrected chi connectivity index (χ1v) is 5.92. The van der Waals surface area contributed by atoms with Crippen molar-refractivity contribution in [3.8, 4) is 17.4 Å². The summed E-state index contributed by atoms with van der Waals surface area (Å²) >= 11 is 0. The number of hydrogen-bond acceptors (Lipinski definition) is 5. The second-order valence-electron chi connectivity index (χ2n) is 4.15.